The summed E-state index contributed by atoms with van der Waals surface area (Å²) in [6, 6.07) is 7.88. The van der Waals surface area contributed by atoms with Gasteiger partial charge in [-0.25, -0.2) is 0 Å². The van der Waals surface area contributed by atoms with E-state index in [2.05, 4.69) is 13.8 Å². The molecule has 1 aromatic carbocycles. The zero-order valence-electron chi connectivity index (χ0n) is 12.1. The van der Waals surface area contributed by atoms with Crippen LogP contribution in [0.1, 0.15) is 50.5 Å². The van der Waals surface area contributed by atoms with Crippen LogP contribution >= 0.6 is 0 Å². The van der Waals surface area contributed by atoms with Gasteiger partial charge in [0.2, 0.25) is 0 Å². The molecule has 0 saturated heterocycles. The molecule has 0 radical (unpaired) electrons. The Balaban J connectivity index is 2.69. The van der Waals surface area contributed by atoms with E-state index in [0.717, 1.165) is 12.0 Å². The Morgan fingerprint density at radius 3 is 2.06 bits per heavy atom. The normalized spacial score (nSPS) is 13.1. The van der Waals surface area contributed by atoms with Gasteiger partial charge in [0.1, 0.15) is 6.10 Å². The number of hydrogen-bond donors (Lipinski definition) is 0. The molecule has 2 nitrogen and oxygen atoms in total. The Morgan fingerprint density at radius 1 is 1.06 bits per heavy atom. The Kier molecular flexibility index (Phi) is 5.54. The maximum absolute atomic E-state index is 12.1. The highest BCUT2D eigenvalue weighted by Gasteiger charge is 2.16. The highest BCUT2D eigenvalue weighted by molar-refractivity contribution is 5.99. The summed E-state index contributed by atoms with van der Waals surface area (Å²) >= 11 is 0. The summed E-state index contributed by atoms with van der Waals surface area (Å²) in [7, 11) is 0. The van der Waals surface area contributed by atoms with Crippen LogP contribution in [-0.2, 0) is 11.2 Å². The van der Waals surface area contributed by atoms with E-state index in [1.165, 1.54) is 5.56 Å². The van der Waals surface area contributed by atoms with Crippen molar-refractivity contribution in [2.45, 2.75) is 53.2 Å². The molecule has 0 heterocycles. The molecular weight excluding hydrogens is 224 g/mol. The van der Waals surface area contributed by atoms with Gasteiger partial charge in [-0.3, -0.25) is 4.79 Å². The van der Waals surface area contributed by atoms with Crippen LogP contribution in [-0.4, -0.2) is 18.0 Å². The molecule has 0 aromatic heterocycles. The third kappa shape index (κ3) is 4.61. The number of Topliss-reactive ketones (excluding diaryl/α,β-unsaturated/α-hetero) is 1. The topological polar surface area (TPSA) is 26.3 Å². The summed E-state index contributed by atoms with van der Waals surface area (Å²) in [6.07, 6.45) is 0.747. The van der Waals surface area contributed by atoms with Crippen molar-refractivity contribution >= 4 is 5.78 Å². The molecule has 1 aromatic rings. The fourth-order valence-electron chi connectivity index (χ4n) is 1.98. The van der Waals surface area contributed by atoms with E-state index in [-0.39, 0.29) is 18.0 Å². The largest absolute Gasteiger partial charge is 0.368 e. The first-order valence-corrected chi connectivity index (χ1v) is 6.68. The number of carbonyl (C=O) groups excluding carboxylic acids is 1. The second-order valence-corrected chi connectivity index (χ2v) is 5.49. The summed E-state index contributed by atoms with van der Waals surface area (Å²) in [6.45, 7) is 10.1. The standard InChI is InChI=1S/C16H24O2/c1-11(2)10-14-6-8-15(9-7-14)16(17)13(5)18-12(3)4/h6-9,11-13H,10H2,1-5H3. The molecule has 0 spiro atoms. The Bertz CT molecular complexity index is 377. The zero-order valence-corrected chi connectivity index (χ0v) is 12.1. The van der Waals surface area contributed by atoms with Gasteiger partial charge in [0.05, 0.1) is 6.10 Å². The number of hydrogen-bond acceptors (Lipinski definition) is 2. The molecule has 18 heavy (non-hydrogen) atoms. The number of ether oxygens (including phenoxy) is 1. The van der Waals surface area contributed by atoms with Crippen LogP contribution < -0.4 is 0 Å². The summed E-state index contributed by atoms with van der Waals surface area (Å²) in [5.41, 5.74) is 2.01. The van der Waals surface area contributed by atoms with E-state index in [9.17, 15) is 4.79 Å². The zero-order chi connectivity index (χ0) is 13.7. The SMILES string of the molecule is CC(C)Cc1ccc(C(=O)C(C)OC(C)C)cc1. The molecule has 0 bridgehead atoms. The quantitative estimate of drug-likeness (QED) is 0.714. The van der Waals surface area contributed by atoms with Gasteiger partial charge in [-0.05, 0) is 38.7 Å². The average molecular weight is 248 g/mol. The predicted octanol–water partition coefficient (Wildman–Crippen LogP) is 3.88. The summed E-state index contributed by atoms with van der Waals surface area (Å²) in [5.74, 6) is 0.689. The lowest BCUT2D eigenvalue weighted by Gasteiger charge is -2.15. The molecule has 1 rings (SSSR count). The number of rotatable bonds is 6. The van der Waals surface area contributed by atoms with Gasteiger partial charge in [-0.1, -0.05) is 38.1 Å². The van der Waals surface area contributed by atoms with E-state index < -0.39 is 0 Å². The highest BCUT2D eigenvalue weighted by atomic mass is 16.5. The molecule has 0 saturated carbocycles. The molecule has 0 aliphatic heterocycles. The Hall–Kier alpha value is -1.15. The fraction of sp³-hybridized carbons (Fsp3) is 0.562. The number of benzene rings is 1. The minimum Gasteiger partial charge on any atom is -0.368 e. The van der Waals surface area contributed by atoms with Crippen LogP contribution in [0.15, 0.2) is 24.3 Å². The molecular formula is C16H24O2. The predicted molar refractivity (Wildman–Crippen MR) is 75.0 cm³/mol. The van der Waals surface area contributed by atoms with Crippen molar-refractivity contribution < 1.29 is 9.53 Å². The van der Waals surface area contributed by atoms with Crippen molar-refractivity contribution in [1.29, 1.82) is 0 Å². The maximum Gasteiger partial charge on any atom is 0.191 e. The molecule has 0 fully saturated rings. The van der Waals surface area contributed by atoms with Crippen LogP contribution in [0.3, 0.4) is 0 Å². The van der Waals surface area contributed by atoms with Crippen LogP contribution in [0.5, 0.6) is 0 Å². The lowest BCUT2D eigenvalue weighted by atomic mass is 9.99. The van der Waals surface area contributed by atoms with E-state index in [1.807, 2.05) is 45.0 Å². The van der Waals surface area contributed by atoms with Crippen LogP contribution in [0.25, 0.3) is 0 Å². The molecule has 100 valence electrons. The highest BCUT2D eigenvalue weighted by Crippen LogP contribution is 2.12. The number of ketones is 1. The van der Waals surface area contributed by atoms with Crippen LogP contribution in [0.2, 0.25) is 0 Å². The third-order valence-corrected chi connectivity index (χ3v) is 2.73. The van der Waals surface area contributed by atoms with Gasteiger partial charge >= 0.3 is 0 Å². The first-order chi connectivity index (χ1) is 8.40. The molecule has 0 amide bonds. The smallest absolute Gasteiger partial charge is 0.191 e. The molecule has 1 unspecified atom stereocenters. The van der Waals surface area contributed by atoms with Crippen molar-refractivity contribution in [3.05, 3.63) is 35.4 Å². The number of carbonyl (C=O) groups is 1. The lowest BCUT2D eigenvalue weighted by molar-refractivity contribution is 0.0202. The van der Waals surface area contributed by atoms with Crippen molar-refractivity contribution in [2.24, 2.45) is 5.92 Å². The van der Waals surface area contributed by atoms with Crippen molar-refractivity contribution in [1.82, 2.24) is 0 Å². The van der Waals surface area contributed by atoms with Gasteiger partial charge in [0, 0.05) is 5.56 Å². The average Bonchev–Trinajstić information content (AvgIpc) is 2.27. The molecule has 0 aliphatic rings. The van der Waals surface area contributed by atoms with Gasteiger partial charge in [0.15, 0.2) is 5.78 Å². The Morgan fingerprint density at radius 2 is 1.61 bits per heavy atom. The van der Waals surface area contributed by atoms with Gasteiger partial charge < -0.3 is 4.74 Å². The third-order valence-electron chi connectivity index (χ3n) is 2.73. The van der Waals surface area contributed by atoms with Gasteiger partial charge in [0.25, 0.3) is 0 Å². The maximum atomic E-state index is 12.1. The second kappa shape index (κ2) is 6.69. The van der Waals surface area contributed by atoms with E-state index in [0.29, 0.717) is 5.92 Å². The second-order valence-electron chi connectivity index (χ2n) is 5.49. The van der Waals surface area contributed by atoms with E-state index in [1.54, 1.807) is 0 Å². The molecule has 1 atom stereocenters. The minimum atomic E-state index is -0.374. The summed E-state index contributed by atoms with van der Waals surface area (Å²) in [4.78, 5) is 12.1. The van der Waals surface area contributed by atoms with Gasteiger partial charge in [-0.15, -0.1) is 0 Å². The van der Waals surface area contributed by atoms with Crippen molar-refractivity contribution in [2.75, 3.05) is 0 Å². The molecule has 0 aliphatic carbocycles. The Labute approximate surface area is 110 Å². The molecule has 2 heteroatoms. The summed E-state index contributed by atoms with van der Waals surface area (Å²) in [5, 5.41) is 0. The van der Waals surface area contributed by atoms with Crippen molar-refractivity contribution in [3.8, 4) is 0 Å². The fourth-order valence-corrected chi connectivity index (χ4v) is 1.98. The van der Waals surface area contributed by atoms with Gasteiger partial charge in [-0.2, -0.15) is 0 Å². The van der Waals surface area contributed by atoms with E-state index in [4.69, 9.17) is 4.74 Å². The summed E-state index contributed by atoms with van der Waals surface area (Å²) < 4.78 is 5.51. The molecule has 0 N–H and O–H groups in total. The van der Waals surface area contributed by atoms with E-state index >= 15 is 0 Å². The van der Waals surface area contributed by atoms with Crippen molar-refractivity contribution in [3.63, 3.8) is 0 Å². The minimum absolute atomic E-state index is 0.0554. The lowest BCUT2D eigenvalue weighted by Crippen LogP contribution is -2.24. The first kappa shape index (κ1) is 14.9. The van der Waals surface area contributed by atoms with Crippen LogP contribution in [0.4, 0.5) is 0 Å². The monoisotopic (exact) mass is 248 g/mol. The van der Waals surface area contributed by atoms with Crippen LogP contribution in [0, 0.1) is 5.92 Å². The first-order valence-electron chi connectivity index (χ1n) is 6.68.